The largest absolute Gasteiger partial charge is 0.489 e. The minimum absolute atomic E-state index is 0.241. The van der Waals surface area contributed by atoms with Gasteiger partial charge in [0, 0.05) is 36.4 Å². The van der Waals surface area contributed by atoms with Gasteiger partial charge in [-0.15, -0.1) is 0 Å². The molecule has 0 saturated heterocycles. The quantitative estimate of drug-likeness (QED) is 0.594. The van der Waals surface area contributed by atoms with Gasteiger partial charge in [0.25, 0.3) is 0 Å². The first-order chi connectivity index (χ1) is 13.2. The van der Waals surface area contributed by atoms with E-state index < -0.39 is 0 Å². The van der Waals surface area contributed by atoms with E-state index in [1.165, 1.54) is 12.1 Å². The lowest BCUT2D eigenvalue weighted by Gasteiger charge is -2.19. The molecule has 0 aliphatic heterocycles. The molecule has 0 aliphatic rings. The fourth-order valence-electron chi connectivity index (χ4n) is 3.01. The maximum Gasteiger partial charge on any atom is 0.123 e. The van der Waals surface area contributed by atoms with Gasteiger partial charge in [0.05, 0.1) is 5.52 Å². The number of aromatic nitrogens is 1. The van der Waals surface area contributed by atoms with Crippen molar-refractivity contribution in [2.75, 3.05) is 31.5 Å². The number of nitrogens with one attached hydrogen (secondary N) is 1. The van der Waals surface area contributed by atoms with Gasteiger partial charge in [-0.1, -0.05) is 26.0 Å². The Morgan fingerprint density at radius 3 is 2.56 bits per heavy atom. The number of ether oxygens (including phenoxy) is 1. The van der Waals surface area contributed by atoms with Gasteiger partial charge in [-0.3, -0.25) is 4.98 Å². The van der Waals surface area contributed by atoms with Crippen molar-refractivity contribution in [3.05, 3.63) is 66.1 Å². The van der Waals surface area contributed by atoms with Crippen LogP contribution in [0.3, 0.4) is 0 Å². The average molecular weight is 367 g/mol. The third kappa shape index (κ3) is 5.17. The zero-order valence-electron chi connectivity index (χ0n) is 15.9. The van der Waals surface area contributed by atoms with Crippen molar-refractivity contribution < 1.29 is 9.13 Å². The fourth-order valence-corrected chi connectivity index (χ4v) is 3.01. The van der Waals surface area contributed by atoms with Gasteiger partial charge >= 0.3 is 0 Å². The number of pyridine rings is 1. The Morgan fingerprint density at radius 2 is 1.81 bits per heavy atom. The Kier molecular flexibility index (Phi) is 6.60. The predicted octanol–water partition coefficient (Wildman–Crippen LogP) is 4.71. The normalized spacial score (nSPS) is 11.1. The molecule has 27 heavy (non-hydrogen) atoms. The van der Waals surface area contributed by atoms with Crippen molar-refractivity contribution in [2.24, 2.45) is 0 Å². The summed E-state index contributed by atoms with van der Waals surface area (Å²) < 4.78 is 18.8. The number of halogens is 1. The monoisotopic (exact) mass is 367 g/mol. The molecule has 0 bridgehead atoms. The van der Waals surface area contributed by atoms with Crippen LogP contribution in [0.4, 0.5) is 10.1 Å². The molecule has 0 radical (unpaired) electrons. The lowest BCUT2D eigenvalue weighted by Crippen LogP contribution is -2.28. The van der Waals surface area contributed by atoms with E-state index in [1.807, 2.05) is 30.5 Å². The third-order valence-electron chi connectivity index (χ3n) is 4.67. The van der Waals surface area contributed by atoms with Crippen LogP contribution in [0, 0.1) is 5.82 Å². The van der Waals surface area contributed by atoms with Gasteiger partial charge in [0.1, 0.15) is 18.2 Å². The van der Waals surface area contributed by atoms with Crippen molar-refractivity contribution in [3.8, 4) is 5.75 Å². The van der Waals surface area contributed by atoms with Crippen LogP contribution < -0.4 is 10.1 Å². The van der Waals surface area contributed by atoms with Gasteiger partial charge in [-0.05, 0) is 49.0 Å². The van der Waals surface area contributed by atoms with E-state index in [-0.39, 0.29) is 5.82 Å². The van der Waals surface area contributed by atoms with Crippen molar-refractivity contribution in [3.63, 3.8) is 0 Å². The molecule has 1 N–H and O–H groups in total. The van der Waals surface area contributed by atoms with Crippen LogP contribution in [0.1, 0.15) is 19.4 Å². The van der Waals surface area contributed by atoms with Crippen molar-refractivity contribution in [2.45, 2.75) is 20.5 Å². The highest BCUT2D eigenvalue weighted by atomic mass is 19.1. The molecular weight excluding hydrogens is 341 g/mol. The maximum absolute atomic E-state index is 13.0. The molecule has 3 aromatic rings. The maximum atomic E-state index is 13.0. The molecule has 0 aliphatic carbocycles. The van der Waals surface area contributed by atoms with E-state index in [4.69, 9.17) is 4.74 Å². The van der Waals surface area contributed by atoms with Crippen LogP contribution in [0.5, 0.6) is 5.75 Å². The lowest BCUT2D eigenvalue weighted by atomic mass is 10.1. The van der Waals surface area contributed by atoms with E-state index in [2.05, 4.69) is 29.0 Å². The molecule has 0 atom stereocenters. The zero-order valence-corrected chi connectivity index (χ0v) is 15.9. The highest BCUT2D eigenvalue weighted by Crippen LogP contribution is 2.26. The minimum Gasteiger partial charge on any atom is -0.489 e. The Labute approximate surface area is 160 Å². The standard InChI is InChI=1S/C22H26FN3O/c1-3-26(4-2)14-13-25-21-11-12-24-22-15-19(9-10-20(21)22)27-16-17-5-7-18(23)8-6-17/h5-12,15H,3-4,13-14,16H2,1-2H3,(H,24,25). The van der Waals surface area contributed by atoms with Crippen LogP contribution in [0.15, 0.2) is 54.7 Å². The summed E-state index contributed by atoms with van der Waals surface area (Å²) in [5, 5.41) is 4.59. The first-order valence-corrected chi connectivity index (χ1v) is 9.42. The second kappa shape index (κ2) is 9.33. The van der Waals surface area contributed by atoms with E-state index in [0.717, 1.165) is 54.1 Å². The summed E-state index contributed by atoms with van der Waals surface area (Å²) in [4.78, 5) is 6.85. The van der Waals surface area contributed by atoms with Gasteiger partial charge in [-0.25, -0.2) is 4.39 Å². The zero-order chi connectivity index (χ0) is 19.1. The molecule has 4 nitrogen and oxygen atoms in total. The second-order valence-electron chi connectivity index (χ2n) is 6.41. The van der Waals surface area contributed by atoms with E-state index >= 15 is 0 Å². The van der Waals surface area contributed by atoms with E-state index in [1.54, 1.807) is 12.1 Å². The number of benzene rings is 2. The average Bonchev–Trinajstić information content (AvgIpc) is 2.70. The van der Waals surface area contributed by atoms with Gasteiger partial charge in [-0.2, -0.15) is 0 Å². The topological polar surface area (TPSA) is 37.4 Å². The molecule has 142 valence electrons. The van der Waals surface area contributed by atoms with E-state index in [0.29, 0.717) is 6.61 Å². The second-order valence-corrected chi connectivity index (χ2v) is 6.41. The van der Waals surface area contributed by atoms with Gasteiger partial charge in [0.15, 0.2) is 0 Å². The number of hydrogen-bond acceptors (Lipinski definition) is 4. The first kappa shape index (κ1) is 19.1. The molecule has 1 heterocycles. The summed E-state index contributed by atoms with van der Waals surface area (Å²) in [6.45, 7) is 8.78. The number of fused-ring (bicyclic) bond motifs is 1. The molecule has 0 saturated carbocycles. The van der Waals surface area contributed by atoms with E-state index in [9.17, 15) is 4.39 Å². The molecule has 0 fully saturated rings. The van der Waals surface area contributed by atoms with Crippen LogP contribution >= 0.6 is 0 Å². The molecule has 0 spiro atoms. The summed E-state index contributed by atoms with van der Waals surface area (Å²) >= 11 is 0. The highest BCUT2D eigenvalue weighted by molar-refractivity contribution is 5.91. The van der Waals surface area contributed by atoms with Crippen molar-refractivity contribution in [1.29, 1.82) is 0 Å². The minimum atomic E-state index is -0.241. The highest BCUT2D eigenvalue weighted by Gasteiger charge is 2.05. The van der Waals surface area contributed by atoms with Crippen LogP contribution in [0.25, 0.3) is 10.9 Å². The number of rotatable bonds is 9. The van der Waals surface area contributed by atoms with Crippen LogP contribution in [0.2, 0.25) is 0 Å². The Hall–Kier alpha value is -2.66. The SMILES string of the molecule is CCN(CC)CCNc1ccnc2cc(OCc3ccc(F)cc3)ccc12. The van der Waals surface area contributed by atoms with Crippen molar-refractivity contribution >= 4 is 16.6 Å². The van der Waals surface area contributed by atoms with Crippen LogP contribution in [-0.4, -0.2) is 36.1 Å². The molecule has 2 aromatic carbocycles. The predicted molar refractivity (Wildman–Crippen MR) is 109 cm³/mol. The summed E-state index contributed by atoms with van der Waals surface area (Å²) in [6.07, 6.45) is 1.81. The summed E-state index contributed by atoms with van der Waals surface area (Å²) in [5.74, 6) is 0.509. The Balaban J connectivity index is 1.66. The third-order valence-corrected chi connectivity index (χ3v) is 4.67. The number of likely N-dealkylation sites (N-methyl/N-ethyl adjacent to an activating group) is 1. The van der Waals surface area contributed by atoms with Gasteiger partial charge < -0.3 is 15.0 Å². The Bertz CT molecular complexity index is 863. The molecule has 1 aromatic heterocycles. The molecule has 0 amide bonds. The number of anilines is 1. The smallest absolute Gasteiger partial charge is 0.123 e. The molecule has 5 heteroatoms. The summed E-state index contributed by atoms with van der Waals surface area (Å²) in [6, 6.07) is 14.3. The number of nitrogens with zero attached hydrogens (tertiary/aromatic N) is 2. The molecular formula is C22H26FN3O. The number of hydrogen-bond donors (Lipinski definition) is 1. The molecule has 0 unspecified atom stereocenters. The lowest BCUT2D eigenvalue weighted by molar-refractivity contribution is 0.306. The first-order valence-electron chi connectivity index (χ1n) is 9.42. The van der Waals surface area contributed by atoms with Crippen molar-refractivity contribution in [1.82, 2.24) is 9.88 Å². The molecule has 3 rings (SSSR count). The summed E-state index contributed by atoms with van der Waals surface area (Å²) in [7, 11) is 0. The Morgan fingerprint density at radius 1 is 1.04 bits per heavy atom. The van der Waals surface area contributed by atoms with Gasteiger partial charge in [0.2, 0.25) is 0 Å². The summed E-state index contributed by atoms with van der Waals surface area (Å²) in [5.41, 5.74) is 2.90. The van der Waals surface area contributed by atoms with Crippen LogP contribution in [-0.2, 0) is 6.61 Å². The fraction of sp³-hybridized carbons (Fsp3) is 0.318.